The first kappa shape index (κ1) is 22.4. The average Bonchev–Trinajstić information content (AvgIpc) is 3.52. The highest BCUT2D eigenvalue weighted by molar-refractivity contribution is 5.93. The summed E-state index contributed by atoms with van der Waals surface area (Å²) in [5.41, 5.74) is 2.58. The van der Waals surface area contributed by atoms with Gasteiger partial charge in [-0.25, -0.2) is 9.59 Å². The molecular weight excluding hydrogens is 432 g/mol. The number of carbonyl (C=O) groups excluding carboxylic acids is 2. The summed E-state index contributed by atoms with van der Waals surface area (Å²) in [4.78, 5) is 39.3. The van der Waals surface area contributed by atoms with Gasteiger partial charge >= 0.3 is 12.1 Å². The Morgan fingerprint density at radius 3 is 2.32 bits per heavy atom. The van der Waals surface area contributed by atoms with Crippen molar-refractivity contribution < 1.29 is 24.2 Å². The van der Waals surface area contributed by atoms with Crippen LogP contribution >= 0.6 is 0 Å². The molecule has 1 heterocycles. The fraction of sp³-hybridized carbons (Fsp3) is 0.444. The van der Waals surface area contributed by atoms with E-state index in [-0.39, 0.29) is 30.9 Å². The van der Waals surface area contributed by atoms with Crippen molar-refractivity contribution in [1.29, 1.82) is 0 Å². The van der Waals surface area contributed by atoms with Gasteiger partial charge in [0.1, 0.15) is 12.1 Å². The van der Waals surface area contributed by atoms with Gasteiger partial charge in [0.2, 0.25) is 5.91 Å². The molecule has 178 valence electrons. The molecule has 1 saturated heterocycles. The van der Waals surface area contributed by atoms with Crippen molar-refractivity contribution in [2.45, 2.75) is 44.6 Å². The number of benzene rings is 2. The quantitative estimate of drug-likeness (QED) is 0.676. The van der Waals surface area contributed by atoms with Crippen LogP contribution in [0, 0.1) is 11.3 Å². The summed E-state index contributed by atoms with van der Waals surface area (Å²) in [6.45, 7) is 4.18. The first-order chi connectivity index (χ1) is 16.3. The summed E-state index contributed by atoms with van der Waals surface area (Å²) in [5, 5.41) is 12.5. The molecule has 2 N–H and O–H groups in total. The molecular formula is C27H30N2O5. The second kappa shape index (κ2) is 8.15. The van der Waals surface area contributed by atoms with Crippen LogP contribution in [0.2, 0.25) is 0 Å². The maximum Gasteiger partial charge on any atom is 0.407 e. The summed E-state index contributed by atoms with van der Waals surface area (Å²) in [5.74, 6) is -1.17. The van der Waals surface area contributed by atoms with Crippen molar-refractivity contribution in [2.75, 3.05) is 19.7 Å². The number of carbonyl (C=O) groups is 3. The zero-order valence-corrected chi connectivity index (χ0v) is 19.5. The van der Waals surface area contributed by atoms with Crippen molar-refractivity contribution in [3.8, 4) is 11.1 Å². The smallest absolute Gasteiger partial charge is 0.407 e. The maximum atomic E-state index is 13.3. The van der Waals surface area contributed by atoms with E-state index in [1.807, 2.05) is 24.3 Å². The van der Waals surface area contributed by atoms with E-state index in [4.69, 9.17) is 4.74 Å². The largest absolute Gasteiger partial charge is 0.479 e. The normalized spacial score (nSPS) is 22.9. The fourth-order valence-electron chi connectivity index (χ4n) is 5.73. The van der Waals surface area contributed by atoms with E-state index >= 15 is 0 Å². The number of alkyl carbamates (subject to hydrolysis) is 1. The van der Waals surface area contributed by atoms with E-state index < -0.39 is 23.0 Å². The monoisotopic (exact) mass is 462 g/mol. The van der Waals surface area contributed by atoms with Crippen LogP contribution in [0.25, 0.3) is 11.1 Å². The number of fused-ring (bicyclic) bond motifs is 4. The predicted octanol–water partition coefficient (Wildman–Crippen LogP) is 4.02. The minimum atomic E-state index is -1.06. The number of hydrogen-bond donors (Lipinski definition) is 2. The molecule has 5 rings (SSSR count). The number of amides is 2. The lowest BCUT2D eigenvalue weighted by Crippen LogP contribution is -2.56. The summed E-state index contributed by atoms with van der Waals surface area (Å²) in [6.07, 6.45) is 1.58. The second-order valence-electron chi connectivity index (χ2n) is 10.3. The third-order valence-electron chi connectivity index (χ3n) is 7.70. The average molecular weight is 463 g/mol. The molecule has 7 nitrogen and oxygen atoms in total. The van der Waals surface area contributed by atoms with Crippen LogP contribution in [-0.4, -0.2) is 53.2 Å². The van der Waals surface area contributed by atoms with E-state index in [0.717, 1.165) is 35.1 Å². The molecule has 34 heavy (non-hydrogen) atoms. The molecule has 2 fully saturated rings. The van der Waals surface area contributed by atoms with E-state index in [9.17, 15) is 19.5 Å². The molecule has 0 radical (unpaired) electrons. The Morgan fingerprint density at radius 2 is 1.71 bits per heavy atom. The number of piperidine rings is 1. The highest BCUT2D eigenvalue weighted by atomic mass is 16.5. The van der Waals surface area contributed by atoms with Gasteiger partial charge in [-0.1, -0.05) is 48.5 Å². The maximum absolute atomic E-state index is 13.3. The van der Waals surface area contributed by atoms with Crippen molar-refractivity contribution in [3.63, 3.8) is 0 Å². The molecule has 3 aliphatic rings. The van der Waals surface area contributed by atoms with Crippen LogP contribution < -0.4 is 5.32 Å². The van der Waals surface area contributed by atoms with Gasteiger partial charge in [-0.15, -0.1) is 0 Å². The van der Waals surface area contributed by atoms with Crippen LogP contribution in [0.5, 0.6) is 0 Å². The van der Waals surface area contributed by atoms with Crippen molar-refractivity contribution in [2.24, 2.45) is 11.3 Å². The molecule has 0 aromatic heterocycles. The van der Waals surface area contributed by atoms with Gasteiger partial charge in [0.25, 0.3) is 0 Å². The van der Waals surface area contributed by atoms with Gasteiger partial charge in [-0.3, -0.25) is 4.79 Å². The third-order valence-corrected chi connectivity index (χ3v) is 7.70. The Kier molecular flexibility index (Phi) is 5.38. The van der Waals surface area contributed by atoms with Crippen molar-refractivity contribution in [1.82, 2.24) is 10.2 Å². The molecule has 2 aromatic rings. The Morgan fingerprint density at radius 1 is 1.09 bits per heavy atom. The minimum Gasteiger partial charge on any atom is -0.479 e. The highest BCUT2D eigenvalue weighted by Gasteiger charge is 2.67. The van der Waals surface area contributed by atoms with E-state index in [1.165, 1.54) is 4.90 Å². The molecule has 0 bridgehead atoms. The Balaban J connectivity index is 1.21. The molecule has 7 heteroatoms. The van der Waals surface area contributed by atoms with Crippen molar-refractivity contribution >= 4 is 18.0 Å². The summed E-state index contributed by atoms with van der Waals surface area (Å²) < 4.78 is 5.58. The SMILES string of the molecule is CC(C)(CNC(=O)OCC1c2ccccc2-c2ccccc21)C(=O)N1CCC[C@@H]2C[C@@]21C(=O)O. The minimum absolute atomic E-state index is 0.0357. The Hall–Kier alpha value is -3.35. The molecule has 1 saturated carbocycles. The van der Waals surface area contributed by atoms with E-state index in [1.54, 1.807) is 13.8 Å². The predicted molar refractivity (Wildman–Crippen MR) is 126 cm³/mol. The fourth-order valence-corrected chi connectivity index (χ4v) is 5.73. The van der Waals surface area contributed by atoms with Gasteiger partial charge in [-0.2, -0.15) is 0 Å². The number of nitrogens with one attached hydrogen (secondary N) is 1. The molecule has 2 aliphatic carbocycles. The summed E-state index contributed by atoms with van der Waals surface area (Å²) in [6, 6.07) is 16.3. The Labute approximate surface area is 199 Å². The molecule has 0 unspecified atom stereocenters. The molecule has 1 aliphatic heterocycles. The topological polar surface area (TPSA) is 95.9 Å². The van der Waals surface area contributed by atoms with Crippen LogP contribution in [0.3, 0.4) is 0 Å². The molecule has 2 atom stereocenters. The highest BCUT2D eigenvalue weighted by Crippen LogP contribution is 2.55. The number of carboxylic acid groups (broad SMARTS) is 1. The van der Waals surface area contributed by atoms with E-state index in [2.05, 4.69) is 29.6 Å². The summed E-state index contributed by atoms with van der Waals surface area (Å²) >= 11 is 0. The standard InChI is InChI=1S/C27H30N2O5/c1-26(2,23(30)29-13-7-8-17-14-27(17,29)24(31)32)16-28-25(33)34-15-22-20-11-5-3-9-18(20)19-10-4-6-12-21(19)22/h3-6,9-12,17,22H,7-8,13-16H2,1-2H3,(H,28,33)(H,31,32)/t17-,27+/m1/s1. The number of ether oxygens (including phenoxy) is 1. The molecule has 0 spiro atoms. The number of carboxylic acids is 1. The lowest BCUT2D eigenvalue weighted by molar-refractivity contribution is -0.158. The second-order valence-corrected chi connectivity index (χ2v) is 10.3. The number of rotatable bonds is 6. The van der Waals surface area contributed by atoms with Crippen LogP contribution in [0.4, 0.5) is 4.79 Å². The van der Waals surface area contributed by atoms with Crippen LogP contribution in [0.1, 0.15) is 50.2 Å². The number of hydrogen-bond acceptors (Lipinski definition) is 4. The zero-order chi connectivity index (χ0) is 24.1. The lowest BCUT2D eigenvalue weighted by atomic mass is 9.89. The number of nitrogens with zero attached hydrogens (tertiary/aromatic N) is 1. The number of likely N-dealkylation sites (tertiary alicyclic amines) is 1. The van der Waals surface area contributed by atoms with Gasteiger partial charge in [0, 0.05) is 19.0 Å². The zero-order valence-electron chi connectivity index (χ0n) is 19.5. The molecule has 2 amide bonds. The van der Waals surface area contributed by atoms with Gasteiger partial charge in [0.15, 0.2) is 0 Å². The van der Waals surface area contributed by atoms with Crippen molar-refractivity contribution in [3.05, 3.63) is 59.7 Å². The van der Waals surface area contributed by atoms with Crippen LogP contribution in [-0.2, 0) is 14.3 Å². The van der Waals surface area contributed by atoms with E-state index in [0.29, 0.717) is 13.0 Å². The first-order valence-corrected chi connectivity index (χ1v) is 11.9. The Bertz CT molecular complexity index is 1110. The van der Waals surface area contributed by atoms with Crippen LogP contribution in [0.15, 0.2) is 48.5 Å². The van der Waals surface area contributed by atoms with Gasteiger partial charge < -0.3 is 20.1 Å². The third kappa shape index (κ3) is 3.54. The van der Waals surface area contributed by atoms with Gasteiger partial charge in [-0.05, 0) is 61.3 Å². The van der Waals surface area contributed by atoms with Gasteiger partial charge in [0.05, 0.1) is 5.41 Å². The molecule has 2 aromatic carbocycles. The summed E-state index contributed by atoms with van der Waals surface area (Å²) in [7, 11) is 0. The lowest BCUT2D eigenvalue weighted by Gasteiger charge is -2.38. The number of aliphatic carboxylic acids is 1. The first-order valence-electron chi connectivity index (χ1n) is 11.9.